The molecule has 1 fully saturated rings. The van der Waals surface area contributed by atoms with Crippen molar-refractivity contribution in [3.63, 3.8) is 0 Å². The predicted molar refractivity (Wildman–Crippen MR) is 123 cm³/mol. The number of carbonyl (C=O) groups excluding carboxylic acids is 2. The van der Waals surface area contributed by atoms with Crippen molar-refractivity contribution in [1.82, 2.24) is 19.7 Å². The first-order chi connectivity index (χ1) is 15.7. The summed E-state index contributed by atoms with van der Waals surface area (Å²) in [4.78, 5) is 31.6. The number of ether oxygens (including phenoxy) is 1. The molecule has 3 aromatic rings. The van der Waals surface area contributed by atoms with Gasteiger partial charge in [0.25, 0.3) is 5.91 Å². The van der Waals surface area contributed by atoms with Gasteiger partial charge in [-0.15, -0.1) is 0 Å². The molecule has 1 aliphatic rings. The standard InChI is InChI=1S/C23H26N4O5S/c1-15(2)27-22-19(12-24-27)18(11-20(25-22)16-7-5-4-6-8-16)23(29)32-13-21(28)26(3)17-9-10-33(30,31)14-17/h4-8,11-12,15,17H,9-10,13-14H2,1-3H3/t17-/m1/s1. The fourth-order valence-electron chi connectivity index (χ4n) is 3.91. The van der Waals surface area contributed by atoms with Gasteiger partial charge in [-0.1, -0.05) is 30.3 Å². The number of esters is 1. The van der Waals surface area contributed by atoms with E-state index in [2.05, 4.69) is 5.10 Å². The van der Waals surface area contributed by atoms with Crippen LogP contribution in [0.1, 0.15) is 36.7 Å². The Morgan fingerprint density at radius 1 is 1.24 bits per heavy atom. The first-order valence-electron chi connectivity index (χ1n) is 10.7. The van der Waals surface area contributed by atoms with Gasteiger partial charge in [-0.2, -0.15) is 5.10 Å². The van der Waals surface area contributed by atoms with E-state index >= 15 is 0 Å². The maximum atomic E-state index is 13.0. The number of benzene rings is 1. The Balaban J connectivity index is 1.59. The van der Waals surface area contributed by atoms with E-state index in [0.29, 0.717) is 23.1 Å². The lowest BCUT2D eigenvalue weighted by atomic mass is 10.1. The molecule has 0 unspecified atom stereocenters. The van der Waals surface area contributed by atoms with Crippen molar-refractivity contribution >= 4 is 32.7 Å². The summed E-state index contributed by atoms with van der Waals surface area (Å²) >= 11 is 0. The van der Waals surface area contributed by atoms with Crippen molar-refractivity contribution in [2.45, 2.75) is 32.4 Å². The molecule has 1 aliphatic heterocycles. The smallest absolute Gasteiger partial charge is 0.339 e. The first-order valence-corrected chi connectivity index (χ1v) is 12.6. The number of rotatable bonds is 6. The van der Waals surface area contributed by atoms with Gasteiger partial charge < -0.3 is 9.64 Å². The molecule has 0 N–H and O–H groups in total. The van der Waals surface area contributed by atoms with E-state index in [1.165, 1.54) is 11.9 Å². The van der Waals surface area contributed by atoms with Crippen LogP contribution >= 0.6 is 0 Å². The fourth-order valence-corrected chi connectivity index (χ4v) is 5.69. The number of carbonyl (C=O) groups is 2. The molecule has 0 radical (unpaired) electrons. The Morgan fingerprint density at radius 3 is 2.61 bits per heavy atom. The molecule has 1 saturated heterocycles. The fraction of sp³-hybridized carbons (Fsp3) is 0.391. The van der Waals surface area contributed by atoms with Crippen molar-refractivity contribution in [2.24, 2.45) is 0 Å². The molecule has 0 spiro atoms. The molecule has 0 saturated carbocycles. The minimum absolute atomic E-state index is 0.0304. The second-order valence-electron chi connectivity index (χ2n) is 8.48. The van der Waals surface area contributed by atoms with Crippen LogP contribution in [0.25, 0.3) is 22.3 Å². The molecule has 33 heavy (non-hydrogen) atoms. The predicted octanol–water partition coefficient (Wildman–Crippen LogP) is 2.48. The molecule has 1 aromatic carbocycles. The van der Waals surface area contributed by atoms with E-state index in [4.69, 9.17) is 9.72 Å². The molecule has 0 aliphatic carbocycles. The SMILES string of the molecule is CC(C)n1ncc2c(C(=O)OCC(=O)N(C)[C@@H]3CCS(=O)(=O)C3)cc(-c3ccccc3)nc21. The molecule has 174 valence electrons. The largest absolute Gasteiger partial charge is 0.452 e. The van der Waals surface area contributed by atoms with E-state index < -0.39 is 34.4 Å². The molecule has 4 rings (SSSR count). The number of hydrogen-bond donors (Lipinski definition) is 0. The first kappa shape index (κ1) is 22.9. The zero-order chi connectivity index (χ0) is 23.8. The van der Waals surface area contributed by atoms with E-state index in [1.807, 2.05) is 44.2 Å². The maximum Gasteiger partial charge on any atom is 0.339 e. The van der Waals surface area contributed by atoms with Crippen LogP contribution in [0, 0.1) is 0 Å². The van der Waals surface area contributed by atoms with Gasteiger partial charge in [0.05, 0.1) is 34.3 Å². The summed E-state index contributed by atoms with van der Waals surface area (Å²) in [5, 5.41) is 4.91. The lowest BCUT2D eigenvalue weighted by molar-refractivity contribution is -0.134. The average Bonchev–Trinajstić information content (AvgIpc) is 3.39. The molecule has 9 nitrogen and oxygen atoms in total. The topological polar surface area (TPSA) is 111 Å². The van der Waals surface area contributed by atoms with Crippen molar-refractivity contribution < 1.29 is 22.7 Å². The Kier molecular flexibility index (Phi) is 6.20. The Hall–Kier alpha value is -3.27. The lowest BCUT2D eigenvalue weighted by Crippen LogP contribution is -2.40. The van der Waals surface area contributed by atoms with Gasteiger partial charge in [0.15, 0.2) is 22.1 Å². The third-order valence-corrected chi connectivity index (χ3v) is 7.57. The third-order valence-electron chi connectivity index (χ3n) is 5.82. The molecular weight excluding hydrogens is 444 g/mol. The molecule has 2 aromatic heterocycles. The summed E-state index contributed by atoms with van der Waals surface area (Å²) in [6, 6.07) is 10.7. The van der Waals surface area contributed by atoms with Crippen LogP contribution in [0.4, 0.5) is 0 Å². The monoisotopic (exact) mass is 470 g/mol. The minimum Gasteiger partial charge on any atom is -0.452 e. The highest BCUT2D eigenvalue weighted by molar-refractivity contribution is 7.91. The van der Waals surface area contributed by atoms with Crippen LogP contribution in [-0.4, -0.2) is 71.2 Å². The zero-order valence-corrected chi connectivity index (χ0v) is 19.6. The highest BCUT2D eigenvalue weighted by Gasteiger charge is 2.33. The second kappa shape index (κ2) is 8.93. The summed E-state index contributed by atoms with van der Waals surface area (Å²) in [5.74, 6) is -1.12. The van der Waals surface area contributed by atoms with E-state index in [-0.39, 0.29) is 23.1 Å². The van der Waals surface area contributed by atoms with Crippen molar-refractivity contribution in [2.75, 3.05) is 25.2 Å². The van der Waals surface area contributed by atoms with Crippen LogP contribution in [0.2, 0.25) is 0 Å². The van der Waals surface area contributed by atoms with Crippen LogP contribution in [0.5, 0.6) is 0 Å². The van der Waals surface area contributed by atoms with Crippen molar-refractivity contribution in [3.05, 3.63) is 48.2 Å². The van der Waals surface area contributed by atoms with Gasteiger partial charge in [-0.25, -0.2) is 22.9 Å². The Bertz CT molecular complexity index is 1300. The van der Waals surface area contributed by atoms with Crippen LogP contribution < -0.4 is 0 Å². The second-order valence-corrected chi connectivity index (χ2v) is 10.7. The average molecular weight is 471 g/mol. The summed E-state index contributed by atoms with van der Waals surface area (Å²) in [7, 11) is -1.59. The summed E-state index contributed by atoms with van der Waals surface area (Å²) < 4.78 is 30.5. The zero-order valence-electron chi connectivity index (χ0n) is 18.8. The van der Waals surface area contributed by atoms with Gasteiger partial charge in [0, 0.05) is 24.7 Å². The third kappa shape index (κ3) is 4.75. The number of fused-ring (bicyclic) bond motifs is 1. The Morgan fingerprint density at radius 2 is 1.97 bits per heavy atom. The van der Waals surface area contributed by atoms with Gasteiger partial charge in [-0.05, 0) is 26.3 Å². The molecular formula is C23H26N4O5S. The summed E-state index contributed by atoms with van der Waals surface area (Å²) in [5.41, 5.74) is 2.25. The summed E-state index contributed by atoms with van der Waals surface area (Å²) in [6.07, 6.45) is 1.96. The van der Waals surface area contributed by atoms with Crippen LogP contribution in [-0.2, 0) is 19.4 Å². The quantitative estimate of drug-likeness (QED) is 0.509. The van der Waals surface area contributed by atoms with E-state index in [9.17, 15) is 18.0 Å². The van der Waals surface area contributed by atoms with Gasteiger partial charge in [0.1, 0.15) is 0 Å². The highest BCUT2D eigenvalue weighted by Crippen LogP contribution is 2.27. The molecule has 10 heteroatoms. The highest BCUT2D eigenvalue weighted by atomic mass is 32.2. The lowest BCUT2D eigenvalue weighted by Gasteiger charge is -2.23. The molecule has 1 amide bonds. The number of amides is 1. The normalized spacial score (nSPS) is 17.4. The minimum atomic E-state index is -3.13. The van der Waals surface area contributed by atoms with Gasteiger partial charge >= 0.3 is 5.97 Å². The number of nitrogens with zero attached hydrogens (tertiary/aromatic N) is 4. The number of aromatic nitrogens is 3. The van der Waals surface area contributed by atoms with Gasteiger partial charge in [-0.3, -0.25) is 4.79 Å². The summed E-state index contributed by atoms with van der Waals surface area (Å²) in [6.45, 7) is 3.47. The molecule has 1 atom stereocenters. The van der Waals surface area contributed by atoms with E-state index in [0.717, 1.165) is 5.56 Å². The van der Waals surface area contributed by atoms with Crippen molar-refractivity contribution in [1.29, 1.82) is 0 Å². The number of hydrogen-bond acceptors (Lipinski definition) is 7. The maximum absolute atomic E-state index is 13.0. The number of likely N-dealkylation sites (N-methyl/N-ethyl adjacent to an activating group) is 1. The number of pyridine rings is 1. The van der Waals surface area contributed by atoms with Crippen molar-refractivity contribution in [3.8, 4) is 11.3 Å². The number of sulfone groups is 1. The van der Waals surface area contributed by atoms with Gasteiger partial charge in [0.2, 0.25) is 0 Å². The Labute approximate surface area is 192 Å². The van der Waals surface area contributed by atoms with Crippen LogP contribution in [0.3, 0.4) is 0 Å². The van der Waals surface area contributed by atoms with Crippen LogP contribution in [0.15, 0.2) is 42.6 Å². The molecule has 3 heterocycles. The molecule has 0 bridgehead atoms. The van der Waals surface area contributed by atoms with E-state index in [1.54, 1.807) is 16.9 Å².